The van der Waals surface area contributed by atoms with Crippen LogP contribution in [0.5, 0.6) is 5.75 Å². The zero-order chi connectivity index (χ0) is 12.7. The maximum absolute atomic E-state index is 12.1. The monoisotopic (exact) mass is 261 g/mol. The molecule has 1 aromatic carbocycles. The van der Waals surface area contributed by atoms with Crippen LogP contribution in [0.25, 0.3) is 0 Å². The van der Waals surface area contributed by atoms with Crippen LogP contribution in [0.4, 0.5) is 8.78 Å². The van der Waals surface area contributed by atoms with E-state index < -0.39 is 6.61 Å². The van der Waals surface area contributed by atoms with Crippen molar-refractivity contribution in [3.63, 3.8) is 0 Å². The second kappa shape index (κ2) is 7.50. The molecule has 5 heteroatoms. The molecule has 0 bridgehead atoms. The van der Waals surface area contributed by atoms with Crippen molar-refractivity contribution in [2.45, 2.75) is 31.8 Å². The predicted molar refractivity (Wildman–Crippen MR) is 67.5 cm³/mol. The Kier molecular flexibility index (Phi) is 6.29. The number of benzene rings is 1. The van der Waals surface area contributed by atoms with E-state index in [1.165, 1.54) is 0 Å². The summed E-state index contributed by atoms with van der Waals surface area (Å²) in [6.07, 6.45) is 0.919. The Morgan fingerprint density at radius 1 is 1.35 bits per heavy atom. The Labute approximate surface area is 105 Å². The van der Waals surface area contributed by atoms with E-state index in [0.29, 0.717) is 5.75 Å². The molecule has 0 fully saturated rings. The van der Waals surface area contributed by atoms with Crippen LogP contribution in [0.15, 0.2) is 24.3 Å². The lowest BCUT2D eigenvalue weighted by Gasteiger charge is -2.10. The zero-order valence-corrected chi connectivity index (χ0v) is 10.6. The Morgan fingerprint density at radius 2 is 2.06 bits per heavy atom. The number of rotatable bonds is 7. The van der Waals surface area contributed by atoms with Crippen molar-refractivity contribution < 1.29 is 13.5 Å². The summed E-state index contributed by atoms with van der Waals surface area (Å²) in [5, 5.41) is 0. The van der Waals surface area contributed by atoms with E-state index in [2.05, 4.69) is 4.74 Å². The van der Waals surface area contributed by atoms with E-state index in [9.17, 15) is 8.78 Å². The second-order valence-electron chi connectivity index (χ2n) is 3.80. The maximum atomic E-state index is 12.1. The van der Waals surface area contributed by atoms with Gasteiger partial charge in [0.2, 0.25) is 0 Å². The number of alkyl halides is 2. The van der Waals surface area contributed by atoms with Gasteiger partial charge in [-0.1, -0.05) is 18.2 Å². The van der Waals surface area contributed by atoms with Gasteiger partial charge in [-0.2, -0.15) is 20.5 Å². The Balaban J connectivity index is 2.46. The Morgan fingerprint density at radius 3 is 2.71 bits per heavy atom. The molecular weight excluding hydrogens is 244 g/mol. The lowest BCUT2D eigenvalue weighted by Crippen LogP contribution is -2.15. The van der Waals surface area contributed by atoms with Gasteiger partial charge in [-0.25, -0.2) is 0 Å². The highest BCUT2D eigenvalue weighted by Crippen LogP contribution is 2.24. The number of hydrogen-bond acceptors (Lipinski definition) is 3. The van der Waals surface area contributed by atoms with Gasteiger partial charge in [-0.3, -0.25) is 0 Å². The predicted octanol–water partition coefficient (Wildman–Crippen LogP) is 3.26. The largest absolute Gasteiger partial charge is 0.435 e. The summed E-state index contributed by atoms with van der Waals surface area (Å²) in [6, 6.07) is 7.05. The van der Waals surface area contributed by atoms with Crippen molar-refractivity contribution in [2.75, 3.05) is 5.75 Å². The molecule has 96 valence electrons. The topological polar surface area (TPSA) is 35.2 Å². The molecule has 0 spiro atoms. The minimum atomic E-state index is -2.77. The fraction of sp³-hybridized carbons (Fsp3) is 0.500. The number of ether oxygens (including phenoxy) is 1. The molecular formula is C12H17F2NOS. The van der Waals surface area contributed by atoms with Crippen molar-refractivity contribution in [3.8, 4) is 5.75 Å². The van der Waals surface area contributed by atoms with Gasteiger partial charge in [0.1, 0.15) is 5.75 Å². The third-order valence-electron chi connectivity index (χ3n) is 2.16. The molecule has 0 saturated heterocycles. The van der Waals surface area contributed by atoms with Crippen LogP contribution in [0.1, 0.15) is 18.9 Å². The zero-order valence-electron chi connectivity index (χ0n) is 9.74. The standard InChI is InChI=1S/C12H17F2NOS/c1-9(15)6-7-17-8-10-4-2-3-5-11(10)16-12(13)14/h2-5,9,12H,6-8,15H2,1H3. The highest BCUT2D eigenvalue weighted by atomic mass is 32.2. The first kappa shape index (κ1) is 14.3. The first-order valence-electron chi connectivity index (χ1n) is 5.45. The summed E-state index contributed by atoms with van der Waals surface area (Å²) in [5.74, 6) is 1.84. The molecule has 0 heterocycles. The molecule has 0 saturated carbocycles. The van der Waals surface area contributed by atoms with Crippen molar-refractivity contribution in [2.24, 2.45) is 5.73 Å². The average Bonchev–Trinajstić information content (AvgIpc) is 2.25. The summed E-state index contributed by atoms with van der Waals surface area (Å²) in [7, 11) is 0. The van der Waals surface area contributed by atoms with Crippen LogP contribution in [-0.2, 0) is 5.75 Å². The maximum Gasteiger partial charge on any atom is 0.387 e. The lowest BCUT2D eigenvalue weighted by molar-refractivity contribution is -0.0503. The van der Waals surface area contributed by atoms with Crippen LogP contribution in [0, 0.1) is 0 Å². The molecule has 1 rings (SSSR count). The molecule has 0 aliphatic heterocycles. The summed E-state index contributed by atoms with van der Waals surface area (Å²) < 4.78 is 28.8. The summed E-state index contributed by atoms with van der Waals surface area (Å²) in [5.41, 5.74) is 6.42. The fourth-order valence-electron chi connectivity index (χ4n) is 1.29. The van der Waals surface area contributed by atoms with E-state index >= 15 is 0 Å². The van der Waals surface area contributed by atoms with Gasteiger partial charge < -0.3 is 10.5 Å². The lowest BCUT2D eigenvalue weighted by atomic mass is 10.2. The molecule has 0 radical (unpaired) electrons. The van der Waals surface area contributed by atoms with Gasteiger partial charge in [0.15, 0.2) is 0 Å². The van der Waals surface area contributed by atoms with Crippen LogP contribution in [0.3, 0.4) is 0 Å². The van der Waals surface area contributed by atoms with Gasteiger partial charge in [-0.15, -0.1) is 0 Å². The highest BCUT2D eigenvalue weighted by Gasteiger charge is 2.08. The smallest absolute Gasteiger partial charge is 0.387 e. The molecule has 17 heavy (non-hydrogen) atoms. The van der Waals surface area contributed by atoms with Gasteiger partial charge in [0.25, 0.3) is 0 Å². The fourth-order valence-corrected chi connectivity index (χ4v) is 2.43. The van der Waals surface area contributed by atoms with Crippen LogP contribution >= 0.6 is 11.8 Å². The summed E-state index contributed by atoms with van der Waals surface area (Å²) in [4.78, 5) is 0. The SMILES string of the molecule is CC(N)CCSCc1ccccc1OC(F)F. The van der Waals surface area contributed by atoms with E-state index in [0.717, 1.165) is 17.7 Å². The van der Waals surface area contributed by atoms with E-state index in [1.807, 2.05) is 13.0 Å². The van der Waals surface area contributed by atoms with Crippen molar-refractivity contribution in [1.82, 2.24) is 0 Å². The number of nitrogens with two attached hydrogens (primary N) is 1. The summed E-state index contributed by atoms with van der Waals surface area (Å²) >= 11 is 1.67. The molecule has 0 aliphatic rings. The number of para-hydroxylation sites is 1. The third kappa shape index (κ3) is 5.89. The molecule has 2 nitrogen and oxygen atoms in total. The minimum absolute atomic E-state index is 0.176. The summed E-state index contributed by atoms with van der Waals surface area (Å²) in [6.45, 7) is -0.820. The molecule has 1 atom stereocenters. The number of halogens is 2. The number of hydrogen-bond donors (Lipinski definition) is 1. The van der Waals surface area contributed by atoms with Gasteiger partial charge >= 0.3 is 6.61 Å². The molecule has 1 unspecified atom stereocenters. The Hall–Kier alpha value is -0.810. The van der Waals surface area contributed by atoms with E-state index in [4.69, 9.17) is 5.73 Å². The van der Waals surface area contributed by atoms with Gasteiger partial charge in [0, 0.05) is 17.4 Å². The first-order chi connectivity index (χ1) is 8.09. The quantitative estimate of drug-likeness (QED) is 0.765. The van der Waals surface area contributed by atoms with Crippen LogP contribution in [0.2, 0.25) is 0 Å². The third-order valence-corrected chi connectivity index (χ3v) is 3.20. The van der Waals surface area contributed by atoms with Crippen LogP contribution in [-0.4, -0.2) is 18.4 Å². The van der Waals surface area contributed by atoms with E-state index in [-0.39, 0.29) is 11.8 Å². The molecule has 2 N–H and O–H groups in total. The van der Waals surface area contributed by atoms with E-state index in [1.54, 1.807) is 30.0 Å². The number of thioether (sulfide) groups is 1. The first-order valence-corrected chi connectivity index (χ1v) is 6.61. The van der Waals surface area contributed by atoms with Crippen molar-refractivity contribution in [1.29, 1.82) is 0 Å². The van der Waals surface area contributed by atoms with Crippen LogP contribution < -0.4 is 10.5 Å². The average molecular weight is 261 g/mol. The second-order valence-corrected chi connectivity index (χ2v) is 4.91. The normalized spacial score (nSPS) is 12.8. The molecule has 1 aromatic rings. The minimum Gasteiger partial charge on any atom is -0.435 e. The van der Waals surface area contributed by atoms with Crippen molar-refractivity contribution in [3.05, 3.63) is 29.8 Å². The highest BCUT2D eigenvalue weighted by molar-refractivity contribution is 7.98. The molecule has 0 aliphatic carbocycles. The molecule has 0 amide bonds. The van der Waals surface area contributed by atoms with Gasteiger partial charge in [0.05, 0.1) is 0 Å². The molecule has 0 aromatic heterocycles. The van der Waals surface area contributed by atoms with Gasteiger partial charge in [-0.05, 0) is 25.2 Å². The Bertz CT molecular complexity index is 334. The van der Waals surface area contributed by atoms with Crippen molar-refractivity contribution >= 4 is 11.8 Å².